The van der Waals surface area contributed by atoms with Crippen LogP contribution in [-0.2, 0) is 27.1 Å². The molecule has 3 aromatic heterocycles. The topological polar surface area (TPSA) is 67.0 Å². The summed E-state index contributed by atoms with van der Waals surface area (Å²) in [7, 11) is 0.398. The van der Waals surface area contributed by atoms with E-state index in [0.29, 0.717) is 24.2 Å². The van der Waals surface area contributed by atoms with Gasteiger partial charge in [0, 0.05) is 30.0 Å². The van der Waals surface area contributed by atoms with E-state index in [1.165, 1.54) is 0 Å². The third-order valence-corrected chi connectivity index (χ3v) is 5.06. The Balaban J connectivity index is 1.80. The van der Waals surface area contributed by atoms with Gasteiger partial charge in [0.2, 0.25) is 0 Å². The lowest BCUT2D eigenvalue weighted by molar-refractivity contribution is 0.0160. The fraction of sp³-hybridized carbons (Fsp3) is 0.500. The maximum absolute atomic E-state index is 5.78. The first-order valence-corrected chi connectivity index (χ1v) is 10.9. The Kier molecular flexibility index (Phi) is 6.29. The highest BCUT2D eigenvalue weighted by Crippen LogP contribution is 2.26. The summed E-state index contributed by atoms with van der Waals surface area (Å²) in [5, 5.41) is 5.39. The fourth-order valence-electron chi connectivity index (χ4n) is 2.70. The smallest absolute Gasteiger partial charge is 0.147 e. The summed E-state index contributed by atoms with van der Waals surface area (Å²) < 4.78 is 15.2. The molecule has 0 aromatic carbocycles. The number of hydrogen-bond donors (Lipinski definition) is 0. The van der Waals surface area contributed by atoms with Crippen molar-refractivity contribution in [1.82, 2.24) is 24.3 Å². The van der Waals surface area contributed by atoms with Crippen molar-refractivity contribution in [1.29, 1.82) is 0 Å². The molecule has 0 aliphatic heterocycles. The SMILES string of the molecule is CCOC(C)n1cc(-c2ncnc3c2ccn3COCC[S+](C)C)cn1. The van der Waals surface area contributed by atoms with E-state index < -0.39 is 0 Å². The molecule has 0 spiro atoms. The number of hydrogen-bond acceptors (Lipinski definition) is 5. The maximum atomic E-state index is 5.78. The van der Waals surface area contributed by atoms with Crippen molar-refractivity contribution in [3.8, 4) is 11.3 Å². The van der Waals surface area contributed by atoms with E-state index in [1.807, 2.05) is 43.1 Å². The van der Waals surface area contributed by atoms with Crippen LogP contribution >= 0.6 is 0 Å². The van der Waals surface area contributed by atoms with Gasteiger partial charge in [0.1, 0.15) is 30.7 Å². The zero-order valence-corrected chi connectivity index (χ0v) is 16.6. The van der Waals surface area contributed by atoms with Crippen LogP contribution in [0.5, 0.6) is 0 Å². The van der Waals surface area contributed by atoms with E-state index in [-0.39, 0.29) is 6.23 Å². The van der Waals surface area contributed by atoms with Crippen LogP contribution < -0.4 is 0 Å². The van der Waals surface area contributed by atoms with E-state index >= 15 is 0 Å². The molecule has 0 radical (unpaired) electrons. The molecule has 0 aliphatic rings. The van der Waals surface area contributed by atoms with Gasteiger partial charge < -0.3 is 14.0 Å². The normalized spacial score (nSPS) is 13.0. The molecule has 8 heteroatoms. The predicted octanol–water partition coefficient (Wildman–Crippen LogP) is 2.70. The first-order chi connectivity index (χ1) is 12.6. The van der Waals surface area contributed by atoms with Crippen molar-refractivity contribution >= 4 is 21.9 Å². The van der Waals surface area contributed by atoms with Gasteiger partial charge in [-0.1, -0.05) is 0 Å². The van der Waals surface area contributed by atoms with Gasteiger partial charge in [-0.15, -0.1) is 0 Å². The van der Waals surface area contributed by atoms with Gasteiger partial charge in [0.25, 0.3) is 0 Å². The van der Waals surface area contributed by atoms with Crippen LogP contribution in [-0.4, -0.2) is 55.8 Å². The third-order valence-electron chi connectivity index (χ3n) is 4.08. The van der Waals surface area contributed by atoms with Gasteiger partial charge in [0.15, 0.2) is 0 Å². The summed E-state index contributed by atoms with van der Waals surface area (Å²) >= 11 is 0. The standard InChI is InChI=1S/C18H26N5O2S/c1-5-25-14(2)23-11-15(10-21-23)17-16-6-7-22(18(16)20-12-19-17)13-24-8-9-26(3)4/h6-7,10-12,14H,5,8-9,13H2,1-4H3/q+1. The summed E-state index contributed by atoms with van der Waals surface area (Å²) in [6.07, 6.45) is 11.7. The molecular formula is C18H26N5O2S+. The van der Waals surface area contributed by atoms with Crippen LogP contribution in [0.25, 0.3) is 22.3 Å². The monoisotopic (exact) mass is 376 g/mol. The van der Waals surface area contributed by atoms with Crippen molar-refractivity contribution in [2.24, 2.45) is 0 Å². The molecule has 0 amide bonds. The lowest BCUT2D eigenvalue weighted by atomic mass is 10.2. The molecule has 1 atom stereocenters. The summed E-state index contributed by atoms with van der Waals surface area (Å²) in [6, 6.07) is 2.03. The number of aromatic nitrogens is 5. The molecule has 7 nitrogen and oxygen atoms in total. The maximum Gasteiger partial charge on any atom is 0.147 e. The van der Waals surface area contributed by atoms with Gasteiger partial charge >= 0.3 is 0 Å². The lowest BCUT2D eigenvalue weighted by Crippen LogP contribution is -2.11. The van der Waals surface area contributed by atoms with Gasteiger partial charge in [-0.2, -0.15) is 5.10 Å². The number of rotatable bonds is 9. The Hall–Kier alpha value is -1.90. The predicted molar refractivity (Wildman–Crippen MR) is 105 cm³/mol. The van der Waals surface area contributed by atoms with Crippen LogP contribution in [0.3, 0.4) is 0 Å². The molecule has 3 rings (SSSR count). The molecule has 3 aromatic rings. The first kappa shape index (κ1) is 18.9. The van der Waals surface area contributed by atoms with E-state index in [4.69, 9.17) is 9.47 Å². The molecule has 0 saturated carbocycles. The zero-order valence-electron chi connectivity index (χ0n) is 15.8. The van der Waals surface area contributed by atoms with Crippen LogP contribution in [0.2, 0.25) is 0 Å². The number of fused-ring (bicyclic) bond motifs is 1. The van der Waals surface area contributed by atoms with Crippen LogP contribution in [0, 0.1) is 0 Å². The number of nitrogens with zero attached hydrogens (tertiary/aromatic N) is 5. The van der Waals surface area contributed by atoms with Crippen molar-refractivity contribution < 1.29 is 9.47 Å². The Morgan fingerprint density at radius 2 is 2.12 bits per heavy atom. The highest BCUT2D eigenvalue weighted by molar-refractivity contribution is 7.95. The van der Waals surface area contributed by atoms with Gasteiger partial charge in [-0.25, -0.2) is 14.6 Å². The summed E-state index contributed by atoms with van der Waals surface area (Å²) in [5.74, 6) is 1.08. The number of ether oxygens (including phenoxy) is 2. The van der Waals surface area contributed by atoms with Crippen molar-refractivity contribution in [2.75, 3.05) is 31.5 Å². The summed E-state index contributed by atoms with van der Waals surface area (Å²) in [4.78, 5) is 8.90. The second-order valence-electron chi connectivity index (χ2n) is 6.24. The van der Waals surface area contributed by atoms with E-state index in [1.54, 1.807) is 11.0 Å². The van der Waals surface area contributed by atoms with Crippen molar-refractivity contribution in [3.05, 3.63) is 31.0 Å². The average molecular weight is 377 g/mol. The highest BCUT2D eigenvalue weighted by atomic mass is 32.2. The molecule has 0 saturated heterocycles. The fourth-order valence-corrected chi connectivity index (χ4v) is 3.15. The summed E-state index contributed by atoms with van der Waals surface area (Å²) in [6.45, 7) is 5.85. The molecular weight excluding hydrogens is 350 g/mol. The van der Waals surface area contributed by atoms with Crippen LogP contribution in [0.15, 0.2) is 31.0 Å². The Morgan fingerprint density at radius 3 is 2.88 bits per heavy atom. The largest absolute Gasteiger partial charge is 0.357 e. The highest BCUT2D eigenvalue weighted by Gasteiger charge is 2.14. The van der Waals surface area contributed by atoms with Gasteiger partial charge in [-0.3, -0.25) is 0 Å². The van der Waals surface area contributed by atoms with Gasteiger partial charge in [0.05, 0.1) is 31.0 Å². The minimum atomic E-state index is -0.106. The Bertz CT molecular complexity index is 845. The van der Waals surface area contributed by atoms with E-state index in [0.717, 1.165) is 34.7 Å². The van der Waals surface area contributed by atoms with Gasteiger partial charge in [-0.05, 0) is 30.8 Å². The molecule has 0 N–H and O–H groups in total. The van der Waals surface area contributed by atoms with Crippen molar-refractivity contribution in [3.63, 3.8) is 0 Å². The quantitative estimate of drug-likeness (QED) is 0.424. The molecule has 3 heterocycles. The summed E-state index contributed by atoms with van der Waals surface area (Å²) in [5.41, 5.74) is 2.68. The molecule has 0 bridgehead atoms. The molecule has 0 aliphatic carbocycles. The Morgan fingerprint density at radius 1 is 1.27 bits per heavy atom. The average Bonchev–Trinajstić information content (AvgIpc) is 3.26. The first-order valence-electron chi connectivity index (χ1n) is 8.68. The van der Waals surface area contributed by atoms with E-state index in [2.05, 4.69) is 27.6 Å². The Labute approximate surface area is 156 Å². The van der Waals surface area contributed by atoms with Crippen LogP contribution in [0.4, 0.5) is 0 Å². The third kappa shape index (κ3) is 4.25. The second kappa shape index (κ2) is 8.66. The second-order valence-corrected chi connectivity index (χ2v) is 8.62. The van der Waals surface area contributed by atoms with Crippen molar-refractivity contribution in [2.45, 2.75) is 26.8 Å². The molecule has 26 heavy (non-hydrogen) atoms. The van der Waals surface area contributed by atoms with E-state index in [9.17, 15) is 0 Å². The molecule has 140 valence electrons. The minimum Gasteiger partial charge on any atom is -0.357 e. The minimum absolute atomic E-state index is 0.106. The lowest BCUT2D eigenvalue weighted by Gasteiger charge is -2.11. The van der Waals surface area contributed by atoms with Crippen LogP contribution in [0.1, 0.15) is 20.1 Å². The zero-order chi connectivity index (χ0) is 18.5. The molecule has 0 fully saturated rings. The molecule has 1 unspecified atom stereocenters.